The van der Waals surface area contributed by atoms with E-state index < -0.39 is 12.1 Å². The molecule has 0 radical (unpaired) electrons. The van der Waals surface area contributed by atoms with Crippen molar-refractivity contribution in [1.82, 2.24) is 0 Å². The number of nitrogens with one attached hydrogen (secondary N) is 1. The number of carbonyl (C=O) groups is 2. The standard InChI is InChI=1S/C17H16ClNO4/c1-10-14(18)4-3-5-15(10)19-16(20)12-6-8-13(9-7-12)23-11(2)17(21)22/h3-9,11H,1-2H3,(H,19,20)(H,21,22). The SMILES string of the molecule is Cc1c(Cl)cccc1NC(=O)c1ccc(OC(C)C(=O)O)cc1. The van der Waals surface area contributed by atoms with Crippen LogP contribution in [0.1, 0.15) is 22.8 Å². The first kappa shape index (κ1) is 16.8. The summed E-state index contributed by atoms with van der Waals surface area (Å²) in [5.74, 6) is -0.952. The van der Waals surface area contributed by atoms with Crippen molar-refractivity contribution < 1.29 is 19.4 Å². The highest BCUT2D eigenvalue weighted by Gasteiger charge is 2.13. The number of benzene rings is 2. The minimum Gasteiger partial charge on any atom is -0.479 e. The first-order valence-corrected chi connectivity index (χ1v) is 7.32. The van der Waals surface area contributed by atoms with Crippen molar-refractivity contribution in [2.24, 2.45) is 0 Å². The van der Waals surface area contributed by atoms with Gasteiger partial charge in [0, 0.05) is 16.3 Å². The fourth-order valence-electron chi connectivity index (χ4n) is 1.88. The van der Waals surface area contributed by atoms with E-state index in [1.807, 2.05) is 6.92 Å². The number of hydrogen-bond donors (Lipinski definition) is 2. The first-order valence-electron chi connectivity index (χ1n) is 6.94. The Hall–Kier alpha value is -2.53. The van der Waals surface area contributed by atoms with Crippen molar-refractivity contribution in [3.8, 4) is 5.75 Å². The average molecular weight is 334 g/mol. The van der Waals surface area contributed by atoms with E-state index in [9.17, 15) is 9.59 Å². The van der Waals surface area contributed by atoms with E-state index in [0.29, 0.717) is 22.0 Å². The number of hydrogen-bond acceptors (Lipinski definition) is 3. The van der Waals surface area contributed by atoms with Crippen LogP contribution in [0.4, 0.5) is 5.69 Å². The van der Waals surface area contributed by atoms with Gasteiger partial charge in [-0.2, -0.15) is 0 Å². The van der Waals surface area contributed by atoms with Gasteiger partial charge in [-0.15, -0.1) is 0 Å². The molecule has 0 bridgehead atoms. The maximum absolute atomic E-state index is 12.2. The molecule has 0 aromatic heterocycles. The zero-order chi connectivity index (χ0) is 17.0. The van der Waals surface area contributed by atoms with E-state index in [1.165, 1.54) is 6.92 Å². The molecule has 120 valence electrons. The molecule has 1 unspecified atom stereocenters. The topological polar surface area (TPSA) is 75.6 Å². The van der Waals surface area contributed by atoms with Crippen molar-refractivity contribution in [3.63, 3.8) is 0 Å². The highest BCUT2D eigenvalue weighted by molar-refractivity contribution is 6.31. The molecule has 2 N–H and O–H groups in total. The summed E-state index contributed by atoms with van der Waals surface area (Å²) in [7, 11) is 0. The molecule has 5 nitrogen and oxygen atoms in total. The summed E-state index contributed by atoms with van der Waals surface area (Å²) in [6.45, 7) is 3.26. The zero-order valence-corrected chi connectivity index (χ0v) is 13.4. The highest BCUT2D eigenvalue weighted by atomic mass is 35.5. The second-order valence-corrected chi connectivity index (χ2v) is 5.40. The number of ether oxygens (including phenoxy) is 1. The number of carboxylic acids is 1. The molecule has 2 aromatic carbocycles. The summed E-state index contributed by atoms with van der Waals surface area (Å²) < 4.78 is 5.21. The third kappa shape index (κ3) is 4.23. The molecule has 0 saturated heterocycles. The number of carbonyl (C=O) groups excluding carboxylic acids is 1. The molecule has 2 rings (SSSR count). The van der Waals surface area contributed by atoms with E-state index in [2.05, 4.69) is 5.32 Å². The molecule has 0 fully saturated rings. The van der Waals surface area contributed by atoms with Crippen molar-refractivity contribution in [3.05, 3.63) is 58.6 Å². The number of carboxylic acid groups (broad SMARTS) is 1. The largest absolute Gasteiger partial charge is 0.479 e. The van der Waals surface area contributed by atoms with Crippen LogP contribution in [0.2, 0.25) is 5.02 Å². The molecule has 6 heteroatoms. The normalized spacial score (nSPS) is 11.6. The maximum atomic E-state index is 12.2. The first-order chi connectivity index (χ1) is 10.9. The van der Waals surface area contributed by atoms with Gasteiger partial charge in [0.15, 0.2) is 6.10 Å². The molecule has 0 aliphatic carbocycles. The lowest BCUT2D eigenvalue weighted by Gasteiger charge is -2.12. The molecule has 23 heavy (non-hydrogen) atoms. The number of anilines is 1. The smallest absolute Gasteiger partial charge is 0.344 e. The quantitative estimate of drug-likeness (QED) is 0.873. The number of halogens is 1. The van der Waals surface area contributed by atoms with Gasteiger partial charge in [0.25, 0.3) is 5.91 Å². The Bertz CT molecular complexity index is 728. The monoisotopic (exact) mass is 333 g/mol. The molecule has 1 amide bonds. The summed E-state index contributed by atoms with van der Waals surface area (Å²) in [5.41, 5.74) is 1.86. The Morgan fingerprint density at radius 3 is 2.43 bits per heavy atom. The van der Waals surface area contributed by atoms with Crippen LogP contribution in [0, 0.1) is 6.92 Å². The highest BCUT2D eigenvalue weighted by Crippen LogP contribution is 2.23. The van der Waals surface area contributed by atoms with Crippen molar-refractivity contribution in [1.29, 1.82) is 0 Å². The fourth-order valence-corrected chi connectivity index (χ4v) is 2.05. The van der Waals surface area contributed by atoms with Crippen molar-refractivity contribution in [2.45, 2.75) is 20.0 Å². The van der Waals surface area contributed by atoms with Crippen LogP contribution in [-0.2, 0) is 4.79 Å². The van der Waals surface area contributed by atoms with E-state index in [1.54, 1.807) is 42.5 Å². The summed E-state index contributed by atoms with van der Waals surface area (Å²) in [5, 5.41) is 12.2. The lowest BCUT2D eigenvalue weighted by molar-refractivity contribution is -0.144. The van der Waals surface area contributed by atoms with E-state index in [0.717, 1.165) is 5.56 Å². The van der Waals surface area contributed by atoms with Crippen LogP contribution in [-0.4, -0.2) is 23.1 Å². The van der Waals surface area contributed by atoms with E-state index in [-0.39, 0.29) is 5.91 Å². The third-order valence-electron chi connectivity index (χ3n) is 3.29. The summed E-state index contributed by atoms with van der Waals surface area (Å²) in [6, 6.07) is 11.5. The molecular weight excluding hydrogens is 318 g/mol. The summed E-state index contributed by atoms with van der Waals surface area (Å²) >= 11 is 6.02. The van der Waals surface area contributed by atoms with Crippen LogP contribution in [0.5, 0.6) is 5.75 Å². The summed E-state index contributed by atoms with van der Waals surface area (Å²) in [4.78, 5) is 23.0. The van der Waals surface area contributed by atoms with Gasteiger partial charge in [0.05, 0.1) is 0 Å². The molecule has 0 heterocycles. The van der Waals surface area contributed by atoms with Crippen LogP contribution >= 0.6 is 11.6 Å². The number of rotatable bonds is 5. The number of amides is 1. The average Bonchev–Trinajstić information content (AvgIpc) is 2.52. The van der Waals surface area contributed by atoms with Gasteiger partial charge in [-0.25, -0.2) is 4.79 Å². The number of aliphatic carboxylic acids is 1. The van der Waals surface area contributed by atoms with Crippen molar-refractivity contribution in [2.75, 3.05) is 5.32 Å². The molecule has 0 aliphatic heterocycles. The second kappa shape index (κ2) is 7.15. The Morgan fingerprint density at radius 2 is 1.83 bits per heavy atom. The molecule has 0 spiro atoms. The minimum atomic E-state index is -1.05. The van der Waals surface area contributed by atoms with E-state index in [4.69, 9.17) is 21.4 Å². The second-order valence-electron chi connectivity index (χ2n) is 4.99. The predicted molar refractivity (Wildman–Crippen MR) is 88.3 cm³/mol. The molecule has 1 atom stereocenters. The van der Waals surface area contributed by atoms with Gasteiger partial charge in [0.2, 0.25) is 0 Å². The third-order valence-corrected chi connectivity index (χ3v) is 3.70. The fraction of sp³-hybridized carbons (Fsp3) is 0.176. The van der Waals surface area contributed by atoms with Crippen LogP contribution < -0.4 is 10.1 Å². The Balaban J connectivity index is 2.08. The molecule has 2 aromatic rings. The maximum Gasteiger partial charge on any atom is 0.344 e. The molecular formula is C17H16ClNO4. The van der Waals surface area contributed by atoms with Crippen LogP contribution in [0.15, 0.2) is 42.5 Å². The Labute approximate surface area is 138 Å². The van der Waals surface area contributed by atoms with Crippen molar-refractivity contribution >= 4 is 29.2 Å². The van der Waals surface area contributed by atoms with Crippen LogP contribution in [0.3, 0.4) is 0 Å². The van der Waals surface area contributed by atoms with Gasteiger partial charge >= 0.3 is 5.97 Å². The Morgan fingerprint density at radius 1 is 1.17 bits per heavy atom. The van der Waals surface area contributed by atoms with Gasteiger partial charge < -0.3 is 15.2 Å². The molecule has 0 saturated carbocycles. The van der Waals surface area contributed by atoms with Gasteiger partial charge in [-0.3, -0.25) is 4.79 Å². The van der Waals surface area contributed by atoms with E-state index >= 15 is 0 Å². The lowest BCUT2D eigenvalue weighted by Crippen LogP contribution is -2.22. The van der Waals surface area contributed by atoms with Crippen LogP contribution in [0.25, 0.3) is 0 Å². The lowest BCUT2D eigenvalue weighted by atomic mass is 10.1. The predicted octanol–water partition coefficient (Wildman–Crippen LogP) is 3.75. The van der Waals surface area contributed by atoms with Gasteiger partial charge in [-0.1, -0.05) is 17.7 Å². The van der Waals surface area contributed by atoms with Gasteiger partial charge in [0.1, 0.15) is 5.75 Å². The van der Waals surface area contributed by atoms with Gasteiger partial charge in [-0.05, 0) is 55.8 Å². The Kier molecular flexibility index (Phi) is 5.24. The molecule has 0 aliphatic rings. The summed E-state index contributed by atoms with van der Waals surface area (Å²) in [6.07, 6.45) is -0.955. The zero-order valence-electron chi connectivity index (χ0n) is 12.7. The minimum absolute atomic E-state index is 0.284.